The van der Waals surface area contributed by atoms with E-state index in [2.05, 4.69) is 4.98 Å². The van der Waals surface area contributed by atoms with Crippen molar-refractivity contribution in [1.82, 2.24) is 9.88 Å². The molecule has 1 aromatic carbocycles. The molecule has 1 saturated heterocycles. The van der Waals surface area contributed by atoms with E-state index in [4.69, 9.17) is 17.0 Å². The fourth-order valence-corrected chi connectivity index (χ4v) is 4.13. The van der Waals surface area contributed by atoms with Gasteiger partial charge in [0.25, 0.3) is 0 Å². The molecular weight excluding hydrogens is 340 g/mol. The van der Waals surface area contributed by atoms with Crippen LogP contribution >= 0.6 is 24.0 Å². The number of aromatic nitrogens is 1. The molecule has 0 spiro atoms. The zero-order chi connectivity index (χ0) is 16.9. The Morgan fingerprint density at radius 3 is 2.88 bits per heavy atom. The maximum atomic E-state index is 12.8. The first kappa shape index (κ1) is 16.9. The molecule has 3 rings (SSSR count). The van der Waals surface area contributed by atoms with Gasteiger partial charge in [-0.3, -0.25) is 14.7 Å². The first-order chi connectivity index (χ1) is 11.7. The predicted molar refractivity (Wildman–Crippen MR) is 100 cm³/mol. The first-order valence-corrected chi connectivity index (χ1v) is 9.09. The van der Waals surface area contributed by atoms with E-state index in [9.17, 15) is 4.79 Å². The Balaban J connectivity index is 1.72. The molecule has 2 aromatic rings. The number of amides is 1. The normalized spacial score (nSPS) is 17.4. The third-order valence-electron chi connectivity index (χ3n) is 3.75. The summed E-state index contributed by atoms with van der Waals surface area (Å²) in [5.74, 6) is 0.894. The van der Waals surface area contributed by atoms with Crippen LogP contribution in [0.3, 0.4) is 0 Å². The summed E-state index contributed by atoms with van der Waals surface area (Å²) >= 11 is 6.86. The molecule has 0 radical (unpaired) electrons. The van der Waals surface area contributed by atoms with Gasteiger partial charge in [0.1, 0.15) is 10.1 Å². The van der Waals surface area contributed by atoms with Crippen LogP contribution in [0.15, 0.2) is 48.8 Å². The number of carbonyl (C=O) groups excluding carboxylic acids is 1. The summed E-state index contributed by atoms with van der Waals surface area (Å²) in [5, 5.41) is -0.198. The van der Waals surface area contributed by atoms with Gasteiger partial charge in [0.05, 0.1) is 18.4 Å². The molecule has 1 aromatic heterocycles. The summed E-state index contributed by atoms with van der Waals surface area (Å²) in [5.41, 5.74) is 2.01. The minimum atomic E-state index is -0.198. The van der Waals surface area contributed by atoms with E-state index in [0.29, 0.717) is 23.9 Å². The number of thioether (sulfide) groups is 1. The molecule has 1 aliphatic heterocycles. The monoisotopic (exact) mass is 358 g/mol. The van der Waals surface area contributed by atoms with E-state index in [1.807, 2.05) is 43.3 Å². The second kappa shape index (κ2) is 7.77. The Hall–Kier alpha value is -1.92. The number of hydrogen-bond donors (Lipinski definition) is 0. The molecule has 0 N–H and O–H groups in total. The number of nitrogens with zero attached hydrogens (tertiary/aromatic N) is 2. The molecule has 1 amide bonds. The zero-order valence-corrected chi connectivity index (χ0v) is 15.0. The zero-order valence-electron chi connectivity index (χ0n) is 13.3. The summed E-state index contributed by atoms with van der Waals surface area (Å²) < 4.78 is 6.28. The smallest absolute Gasteiger partial charge is 0.242 e. The number of ether oxygens (including phenoxy) is 1. The van der Waals surface area contributed by atoms with Crippen LogP contribution in [0.2, 0.25) is 0 Å². The van der Waals surface area contributed by atoms with Gasteiger partial charge in [-0.25, -0.2) is 0 Å². The van der Waals surface area contributed by atoms with E-state index in [-0.39, 0.29) is 11.2 Å². The molecule has 124 valence electrons. The minimum Gasteiger partial charge on any atom is -0.494 e. The van der Waals surface area contributed by atoms with Crippen molar-refractivity contribution in [3.8, 4) is 5.75 Å². The lowest BCUT2D eigenvalue weighted by molar-refractivity contribution is -0.126. The molecule has 1 aliphatic rings. The fraction of sp³-hybridized carbons (Fsp3) is 0.278. The van der Waals surface area contributed by atoms with E-state index in [0.717, 1.165) is 16.9 Å². The molecule has 0 unspecified atom stereocenters. The Kier molecular flexibility index (Phi) is 5.48. The number of carbonyl (C=O) groups is 1. The number of thiocarbonyl (C=S) groups is 1. The van der Waals surface area contributed by atoms with Gasteiger partial charge >= 0.3 is 0 Å². The van der Waals surface area contributed by atoms with E-state index < -0.39 is 0 Å². The van der Waals surface area contributed by atoms with Crippen molar-refractivity contribution in [1.29, 1.82) is 0 Å². The number of benzene rings is 1. The molecule has 4 nitrogen and oxygen atoms in total. The van der Waals surface area contributed by atoms with Crippen molar-refractivity contribution in [2.45, 2.75) is 25.1 Å². The highest BCUT2D eigenvalue weighted by molar-refractivity contribution is 8.24. The van der Waals surface area contributed by atoms with Crippen molar-refractivity contribution >= 4 is 34.2 Å². The summed E-state index contributed by atoms with van der Waals surface area (Å²) in [6.07, 6.45) is 4.09. The van der Waals surface area contributed by atoms with Gasteiger partial charge in [-0.05, 0) is 36.6 Å². The summed E-state index contributed by atoms with van der Waals surface area (Å²) in [7, 11) is 0. The number of pyridine rings is 1. The molecule has 0 aliphatic carbocycles. The van der Waals surface area contributed by atoms with Gasteiger partial charge in [-0.15, -0.1) is 0 Å². The van der Waals surface area contributed by atoms with E-state index >= 15 is 0 Å². The van der Waals surface area contributed by atoms with Crippen LogP contribution in [0.25, 0.3) is 0 Å². The van der Waals surface area contributed by atoms with Crippen LogP contribution < -0.4 is 4.74 Å². The van der Waals surface area contributed by atoms with Crippen molar-refractivity contribution in [3.63, 3.8) is 0 Å². The highest BCUT2D eigenvalue weighted by atomic mass is 32.2. The van der Waals surface area contributed by atoms with Gasteiger partial charge in [0, 0.05) is 12.4 Å². The first-order valence-electron chi connectivity index (χ1n) is 7.80. The second-order valence-corrected chi connectivity index (χ2v) is 7.24. The van der Waals surface area contributed by atoms with Gasteiger partial charge in [-0.2, -0.15) is 0 Å². The van der Waals surface area contributed by atoms with Crippen LogP contribution in [0.4, 0.5) is 0 Å². The van der Waals surface area contributed by atoms with Crippen LogP contribution in [0.1, 0.15) is 18.1 Å². The summed E-state index contributed by atoms with van der Waals surface area (Å²) in [4.78, 5) is 18.5. The van der Waals surface area contributed by atoms with Gasteiger partial charge in [0.2, 0.25) is 5.91 Å². The molecule has 0 bridgehead atoms. The second-order valence-electron chi connectivity index (χ2n) is 5.40. The van der Waals surface area contributed by atoms with Crippen LogP contribution in [0.5, 0.6) is 5.75 Å². The Labute approximate surface area is 151 Å². The molecular formula is C18H18N2O2S2. The van der Waals surface area contributed by atoms with E-state index in [1.165, 1.54) is 11.8 Å². The minimum absolute atomic E-state index is 0.0557. The average Bonchev–Trinajstić information content (AvgIpc) is 2.85. The Bertz CT molecular complexity index is 737. The van der Waals surface area contributed by atoms with Crippen LogP contribution in [-0.2, 0) is 17.8 Å². The highest BCUT2D eigenvalue weighted by Gasteiger charge is 2.37. The quantitative estimate of drug-likeness (QED) is 0.740. The summed E-state index contributed by atoms with van der Waals surface area (Å²) in [6.45, 7) is 3.04. The van der Waals surface area contributed by atoms with Gasteiger partial charge in [0.15, 0.2) is 0 Å². The van der Waals surface area contributed by atoms with E-state index in [1.54, 1.807) is 17.3 Å². The standard InChI is InChI=1S/C18H18N2O2S2/c1-2-22-15-8-4-3-7-14(15)10-16-17(21)20(18(23)24-16)12-13-6-5-9-19-11-13/h3-9,11,16H,2,10,12H2,1H3/t16-/m0/s1. The lowest BCUT2D eigenvalue weighted by atomic mass is 10.1. The van der Waals surface area contributed by atoms with Gasteiger partial charge < -0.3 is 4.74 Å². The third kappa shape index (κ3) is 3.76. The maximum Gasteiger partial charge on any atom is 0.242 e. The predicted octanol–water partition coefficient (Wildman–Crippen LogP) is 3.45. The van der Waals surface area contributed by atoms with Crippen molar-refractivity contribution < 1.29 is 9.53 Å². The Morgan fingerprint density at radius 1 is 1.29 bits per heavy atom. The van der Waals surface area contributed by atoms with Crippen molar-refractivity contribution in [2.75, 3.05) is 6.61 Å². The molecule has 1 fully saturated rings. The molecule has 1 atom stereocenters. The molecule has 0 saturated carbocycles. The lowest BCUT2D eigenvalue weighted by Crippen LogP contribution is -2.31. The largest absolute Gasteiger partial charge is 0.494 e. The SMILES string of the molecule is CCOc1ccccc1C[C@@H]1SC(=S)N(Cc2cccnc2)C1=O. The molecule has 6 heteroatoms. The number of para-hydroxylation sites is 1. The lowest BCUT2D eigenvalue weighted by Gasteiger charge is -2.16. The fourth-order valence-electron chi connectivity index (χ4n) is 2.61. The topological polar surface area (TPSA) is 42.4 Å². The van der Waals surface area contributed by atoms with Gasteiger partial charge in [-0.1, -0.05) is 48.2 Å². The van der Waals surface area contributed by atoms with Crippen LogP contribution in [-0.4, -0.2) is 32.0 Å². The highest BCUT2D eigenvalue weighted by Crippen LogP contribution is 2.33. The average molecular weight is 358 g/mol. The van der Waals surface area contributed by atoms with Crippen LogP contribution in [0, 0.1) is 0 Å². The Morgan fingerprint density at radius 2 is 2.12 bits per heavy atom. The number of rotatable bonds is 6. The molecule has 2 heterocycles. The van der Waals surface area contributed by atoms with Crippen molar-refractivity contribution in [3.05, 3.63) is 59.9 Å². The third-order valence-corrected chi connectivity index (χ3v) is 5.33. The maximum absolute atomic E-state index is 12.8. The number of hydrogen-bond acceptors (Lipinski definition) is 5. The van der Waals surface area contributed by atoms with Crippen molar-refractivity contribution in [2.24, 2.45) is 0 Å². The summed E-state index contributed by atoms with van der Waals surface area (Å²) in [6, 6.07) is 11.7. The molecule has 24 heavy (non-hydrogen) atoms.